The second-order valence-corrected chi connectivity index (χ2v) is 6.78. The molecular weight excluding hydrogens is 392 g/mol. The molecule has 0 radical (unpaired) electrons. The number of carbonyl (C=O) groups excluding carboxylic acids is 2. The van der Waals surface area contributed by atoms with Crippen LogP contribution >= 0.6 is 12.4 Å². The third-order valence-corrected chi connectivity index (χ3v) is 4.67. The molecule has 0 unspecified atom stereocenters. The van der Waals surface area contributed by atoms with Gasteiger partial charge in [0.15, 0.2) is 12.4 Å². The quantitative estimate of drug-likeness (QED) is 0.455. The van der Waals surface area contributed by atoms with Crippen molar-refractivity contribution in [3.05, 3.63) is 53.6 Å². The van der Waals surface area contributed by atoms with Gasteiger partial charge < -0.3 is 20.1 Å². The van der Waals surface area contributed by atoms with Crippen LogP contribution in [0.4, 0.5) is 5.69 Å². The maximum atomic E-state index is 12.4. The molecule has 2 aromatic rings. The number of ether oxygens (including phenoxy) is 2. The molecule has 0 aliphatic carbocycles. The maximum absolute atomic E-state index is 12.4. The molecule has 1 amide bonds. The minimum atomic E-state index is -0.197. The number of fused-ring (bicyclic) bond motifs is 1. The first-order valence-electron chi connectivity index (χ1n) is 9.59. The molecule has 29 heavy (non-hydrogen) atoms. The van der Waals surface area contributed by atoms with Crippen molar-refractivity contribution in [3.63, 3.8) is 0 Å². The van der Waals surface area contributed by atoms with Gasteiger partial charge in [-0.3, -0.25) is 9.59 Å². The summed E-state index contributed by atoms with van der Waals surface area (Å²) in [5.74, 6) is 1.37. The van der Waals surface area contributed by atoms with E-state index in [1.165, 1.54) is 5.56 Å². The van der Waals surface area contributed by atoms with Crippen LogP contribution in [0.25, 0.3) is 0 Å². The van der Waals surface area contributed by atoms with Gasteiger partial charge >= 0.3 is 0 Å². The first-order chi connectivity index (χ1) is 13.7. The Hall–Kier alpha value is -2.57. The zero-order chi connectivity index (χ0) is 19.8. The van der Waals surface area contributed by atoms with Crippen molar-refractivity contribution in [2.45, 2.75) is 25.7 Å². The first-order valence-corrected chi connectivity index (χ1v) is 9.59. The monoisotopic (exact) mass is 418 g/mol. The lowest BCUT2D eigenvalue weighted by molar-refractivity contribution is -0.118. The summed E-state index contributed by atoms with van der Waals surface area (Å²) >= 11 is 0. The van der Waals surface area contributed by atoms with E-state index in [9.17, 15) is 9.59 Å². The van der Waals surface area contributed by atoms with E-state index in [0.29, 0.717) is 23.4 Å². The Morgan fingerprint density at radius 1 is 1.17 bits per heavy atom. The van der Waals surface area contributed by atoms with E-state index in [0.717, 1.165) is 38.1 Å². The minimum Gasteiger partial charge on any atom is -0.497 e. The predicted octanol–water partition coefficient (Wildman–Crippen LogP) is 3.63. The molecule has 3 rings (SSSR count). The zero-order valence-corrected chi connectivity index (χ0v) is 17.3. The van der Waals surface area contributed by atoms with Crippen molar-refractivity contribution in [1.82, 2.24) is 5.32 Å². The third kappa shape index (κ3) is 6.76. The van der Waals surface area contributed by atoms with Gasteiger partial charge in [0.25, 0.3) is 5.91 Å². The Morgan fingerprint density at radius 3 is 2.86 bits per heavy atom. The molecule has 0 fully saturated rings. The van der Waals surface area contributed by atoms with E-state index in [-0.39, 0.29) is 30.7 Å². The molecule has 1 aliphatic rings. The van der Waals surface area contributed by atoms with Crippen LogP contribution in [0.5, 0.6) is 11.5 Å². The number of methoxy groups -OCH3 is 1. The number of rotatable bonds is 10. The molecule has 6 nitrogen and oxygen atoms in total. The molecule has 7 heteroatoms. The van der Waals surface area contributed by atoms with Crippen LogP contribution in [0.1, 0.15) is 35.2 Å². The zero-order valence-electron chi connectivity index (χ0n) is 16.5. The van der Waals surface area contributed by atoms with Crippen molar-refractivity contribution < 1.29 is 19.1 Å². The van der Waals surface area contributed by atoms with Crippen LogP contribution in [-0.2, 0) is 11.2 Å². The minimum absolute atomic E-state index is 0. The van der Waals surface area contributed by atoms with Crippen molar-refractivity contribution >= 4 is 29.8 Å². The number of amides is 1. The summed E-state index contributed by atoms with van der Waals surface area (Å²) < 4.78 is 10.5. The summed E-state index contributed by atoms with van der Waals surface area (Å²) in [4.78, 5) is 23.8. The number of ketones is 1. The van der Waals surface area contributed by atoms with Gasteiger partial charge in [-0.15, -0.1) is 12.4 Å². The van der Waals surface area contributed by atoms with E-state index in [4.69, 9.17) is 9.47 Å². The van der Waals surface area contributed by atoms with Gasteiger partial charge in [0, 0.05) is 12.0 Å². The topological polar surface area (TPSA) is 76.7 Å². The maximum Gasteiger partial charge on any atom is 0.262 e. The highest BCUT2D eigenvalue weighted by Gasteiger charge is 2.17. The molecule has 1 heterocycles. The smallest absolute Gasteiger partial charge is 0.262 e. The molecule has 156 valence electrons. The number of benzene rings is 2. The van der Waals surface area contributed by atoms with Crippen LogP contribution < -0.4 is 20.1 Å². The largest absolute Gasteiger partial charge is 0.497 e. The Labute approximate surface area is 177 Å². The van der Waals surface area contributed by atoms with Crippen LogP contribution in [0.2, 0.25) is 0 Å². The van der Waals surface area contributed by atoms with Crippen molar-refractivity contribution in [2.24, 2.45) is 0 Å². The summed E-state index contributed by atoms with van der Waals surface area (Å²) in [5.41, 5.74) is 2.42. The van der Waals surface area contributed by atoms with E-state index in [1.54, 1.807) is 25.3 Å². The molecule has 1 aliphatic heterocycles. The summed E-state index contributed by atoms with van der Waals surface area (Å²) in [5, 5.41) is 6.15. The number of Topliss-reactive ketones (excluding diaryl/α,β-unsaturated/α-hetero) is 1. The van der Waals surface area contributed by atoms with Gasteiger partial charge in [-0.1, -0.05) is 12.1 Å². The highest BCUT2D eigenvalue weighted by Crippen LogP contribution is 2.29. The van der Waals surface area contributed by atoms with Crippen molar-refractivity contribution in [3.8, 4) is 11.5 Å². The lowest BCUT2D eigenvalue weighted by atomic mass is 10.0. The summed E-state index contributed by atoms with van der Waals surface area (Å²) in [7, 11) is 1.67. The Bertz CT molecular complexity index is 841. The van der Waals surface area contributed by atoms with Crippen molar-refractivity contribution in [2.75, 3.05) is 32.1 Å². The van der Waals surface area contributed by atoms with Crippen LogP contribution in [0.3, 0.4) is 0 Å². The number of hydrogen-bond donors (Lipinski definition) is 2. The van der Waals surface area contributed by atoms with Crippen LogP contribution in [-0.4, -0.2) is 38.5 Å². The average molecular weight is 419 g/mol. The molecule has 0 bridgehead atoms. The summed E-state index contributed by atoms with van der Waals surface area (Å²) in [6.07, 6.45) is 3.20. The molecule has 0 aromatic heterocycles. The second kappa shape index (κ2) is 11.4. The Kier molecular flexibility index (Phi) is 8.96. The number of halogens is 1. The standard InChI is InChI=1S/C22H26N2O4.ClH/c1-27-18-6-4-5-16(13-18)10-12-23-11-3-2-7-20(25)17-8-9-21-19(14-17)24-22(26)15-28-21;/h4-6,8-9,13-14,23H,2-3,7,10-12,15H2,1H3,(H,24,26);1H. The fourth-order valence-corrected chi connectivity index (χ4v) is 3.12. The van der Waals surface area contributed by atoms with E-state index < -0.39 is 0 Å². The van der Waals surface area contributed by atoms with Gasteiger partial charge in [-0.25, -0.2) is 0 Å². The van der Waals surface area contributed by atoms with E-state index in [2.05, 4.69) is 16.7 Å². The highest BCUT2D eigenvalue weighted by molar-refractivity contribution is 6.00. The number of anilines is 1. The fourth-order valence-electron chi connectivity index (χ4n) is 3.12. The first kappa shape index (κ1) is 22.7. The van der Waals surface area contributed by atoms with E-state index >= 15 is 0 Å². The van der Waals surface area contributed by atoms with Gasteiger partial charge in [0.2, 0.25) is 0 Å². The van der Waals surface area contributed by atoms with E-state index in [1.807, 2.05) is 18.2 Å². The second-order valence-electron chi connectivity index (χ2n) is 6.78. The number of nitrogens with one attached hydrogen (secondary N) is 2. The third-order valence-electron chi connectivity index (χ3n) is 4.67. The lowest BCUT2D eigenvalue weighted by Gasteiger charge is -2.18. The summed E-state index contributed by atoms with van der Waals surface area (Å²) in [6.45, 7) is 1.79. The highest BCUT2D eigenvalue weighted by atomic mass is 35.5. The lowest BCUT2D eigenvalue weighted by Crippen LogP contribution is -2.25. The van der Waals surface area contributed by atoms with Crippen molar-refractivity contribution in [1.29, 1.82) is 0 Å². The SMILES string of the molecule is COc1cccc(CCNCCCCC(=O)c2ccc3c(c2)NC(=O)CO3)c1.Cl. The Balaban J connectivity index is 0.00000300. The van der Waals surface area contributed by atoms with Gasteiger partial charge in [0.1, 0.15) is 11.5 Å². The number of unbranched alkanes of at least 4 members (excludes halogenated alkanes) is 1. The normalized spacial score (nSPS) is 12.2. The summed E-state index contributed by atoms with van der Waals surface area (Å²) in [6, 6.07) is 13.3. The predicted molar refractivity (Wildman–Crippen MR) is 116 cm³/mol. The molecule has 0 saturated carbocycles. The average Bonchev–Trinajstić information content (AvgIpc) is 2.72. The van der Waals surface area contributed by atoms with Gasteiger partial charge in [-0.05, 0) is 68.2 Å². The fraction of sp³-hybridized carbons (Fsp3) is 0.364. The van der Waals surface area contributed by atoms with Crippen LogP contribution in [0.15, 0.2) is 42.5 Å². The number of carbonyl (C=O) groups is 2. The number of hydrogen-bond acceptors (Lipinski definition) is 5. The van der Waals surface area contributed by atoms with Gasteiger partial charge in [0.05, 0.1) is 12.8 Å². The van der Waals surface area contributed by atoms with Crippen LogP contribution in [0, 0.1) is 0 Å². The van der Waals surface area contributed by atoms with Gasteiger partial charge in [-0.2, -0.15) is 0 Å². The Morgan fingerprint density at radius 2 is 2.03 bits per heavy atom. The molecule has 0 spiro atoms. The molecule has 0 saturated heterocycles. The molecular formula is C22H27ClN2O4. The molecule has 2 aromatic carbocycles. The molecule has 2 N–H and O–H groups in total. The molecule has 0 atom stereocenters.